The highest BCUT2D eigenvalue weighted by Gasteiger charge is 2.24. The number of rotatable bonds is 6. The topological polar surface area (TPSA) is 62.7 Å². The molecule has 1 saturated heterocycles. The summed E-state index contributed by atoms with van der Waals surface area (Å²) in [5.41, 5.74) is 2.78. The van der Waals surface area contributed by atoms with Crippen LogP contribution in [0.4, 0.5) is 5.13 Å². The number of hydrogen-bond donors (Lipinski definition) is 0. The summed E-state index contributed by atoms with van der Waals surface area (Å²) >= 11 is 1.65. The summed E-state index contributed by atoms with van der Waals surface area (Å²) in [5.74, 6) is 0.804. The summed E-state index contributed by atoms with van der Waals surface area (Å²) in [6.45, 7) is 5.33. The van der Waals surface area contributed by atoms with E-state index in [4.69, 9.17) is 9.72 Å². The quantitative estimate of drug-likeness (QED) is 0.375. The van der Waals surface area contributed by atoms with Crippen LogP contribution in [0.3, 0.4) is 0 Å². The number of benzene rings is 3. The van der Waals surface area contributed by atoms with E-state index in [0.29, 0.717) is 36.4 Å². The van der Waals surface area contributed by atoms with Gasteiger partial charge in [0.05, 0.1) is 16.8 Å². The van der Waals surface area contributed by atoms with Crippen molar-refractivity contribution in [2.24, 2.45) is 0 Å². The number of thiazole rings is 1. The molecule has 172 valence electrons. The summed E-state index contributed by atoms with van der Waals surface area (Å²) in [6.07, 6.45) is 0. The molecule has 6 nitrogen and oxygen atoms in total. The summed E-state index contributed by atoms with van der Waals surface area (Å²) in [4.78, 5) is 34.5. The number of aromatic nitrogens is 1. The lowest BCUT2D eigenvalue weighted by Crippen LogP contribution is -2.48. The van der Waals surface area contributed by atoms with Gasteiger partial charge in [0.25, 0.3) is 5.91 Å². The fourth-order valence-corrected chi connectivity index (χ4v) is 5.13. The maximum atomic E-state index is 13.0. The van der Waals surface area contributed by atoms with Crippen LogP contribution >= 0.6 is 11.3 Å². The molecule has 0 spiro atoms. The lowest BCUT2D eigenvalue weighted by atomic mass is 10.0. The average Bonchev–Trinajstić information content (AvgIpc) is 3.32. The first kappa shape index (κ1) is 22.1. The summed E-state index contributed by atoms with van der Waals surface area (Å²) in [5, 5.41) is 0.972. The van der Waals surface area contributed by atoms with Gasteiger partial charge in [-0.2, -0.15) is 0 Å². The first-order chi connectivity index (χ1) is 16.6. The Hall–Kier alpha value is -3.71. The predicted octanol–water partition coefficient (Wildman–Crippen LogP) is 4.89. The van der Waals surface area contributed by atoms with Crippen LogP contribution in [0, 0.1) is 0 Å². The van der Waals surface area contributed by atoms with Crippen molar-refractivity contribution in [2.75, 3.05) is 37.7 Å². The minimum atomic E-state index is -0.0441. The highest BCUT2D eigenvalue weighted by atomic mass is 32.1. The first-order valence-corrected chi connectivity index (χ1v) is 12.2. The Labute approximate surface area is 202 Å². The molecule has 0 unspecified atom stereocenters. The molecule has 0 atom stereocenters. The summed E-state index contributed by atoms with van der Waals surface area (Å²) < 4.78 is 6.70. The van der Waals surface area contributed by atoms with Crippen LogP contribution in [0.1, 0.15) is 33.2 Å². The molecular weight excluding hydrogens is 446 g/mol. The van der Waals surface area contributed by atoms with Gasteiger partial charge in [-0.3, -0.25) is 9.59 Å². The molecule has 2 heterocycles. The molecule has 0 aliphatic carbocycles. The van der Waals surface area contributed by atoms with Crippen molar-refractivity contribution in [3.63, 3.8) is 0 Å². The van der Waals surface area contributed by atoms with E-state index in [9.17, 15) is 9.59 Å². The fraction of sp³-hybridized carbons (Fsp3) is 0.222. The van der Waals surface area contributed by atoms with Crippen LogP contribution in [0.5, 0.6) is 5.75 Å². The van der Waals surface area contributed by atoms with Gasteiger partial charge in [-0.1, -0.05) is 53.8 Å². The Morgan fingerprint density at radius 1 is 0.882 bits per heavy atom. The lowest BCUT2D eigenvalue weighted by Gasteiger charge is -2.34. The molecule has 34 heavy (non-hydrogen) atoms. The molecule has 1 amide bonds. The smallest absolute Gasteiger partial charge is 0.253 e. The molecule has 5 rings (SSSR count). The van der Waals surface area contributed by atoms with E-state index in [2.05, 4.69) is 4.90 Å². The monoisotopic (exact) mass is 471 g/mol. The van der Waals surface area contributed by atoms with E-state index < -0.39 is 0 Å². The Bertz CT molecular complexity index is 1310. The molecule has 0 radical (unpaired) electrons. The number of carbonyl (C=O) groups excluding carboxylic acids is 2. The SMILES string of the molecule is CCOc1ccc2nc(N3CCN(C(=O)c4ccc(C(=O)c5ccccc5)cc4)CC3)sc2c1. The van der Waals surface area contributed by atoms with Gasteiger partial charge < -0.3 is 14.5 Å². The van der Waals surface area contributed by atoms with Crippen molar-refractivity contribution in [1.29, 1.82) is 0 Å². The number of amides is 1. The van der Waals surface area contributed by atoms with Crippen molar-refractivity contribution in [2.45, 2.75) is 6.92 Å². The van der Waals surface area contributed by atoms with Gasteiger partial charge in [0.2, 0.25) is 0 Å². The Morgan fingerprint density at radius 2 is 1.56 bits per heavy atom. The maximum Gasteiger partial charge on any atom is 0.253 e. The van der Waals surface area contributed by atoms with Crippen LogP contribution in [-0.4, -0.2) is 54.4 Å². The minimum Gasteiger partial charge on any atom is -0.494 e. The zero-order valence-corrected chi connectivity index (χ0v) is 19.8. The molecule has 0 saturated carbocycles. The van der Waals surface area contributed by atoms with Crippen molar-refractivity contribution < 1.29 is 14.3 Å². The standard InChI is InChI=1S/C27H25N3O3S/c1-2-33-22-12-13-23-24(18-22)34-27(28-23)30-16-14-29(15-17-30)26(32)21-10-8-20(9-11-21)25(31)19-6-4-3-5-7-19/h3-13,18H,2,14-17H2,1H3. The molecular formula is C27H25N3O3S. The van der Waals surface area contributed by atoms with Crippen LogP contribution in [0.15, 0.2) is 72.8 Å². The average molecular weight is 472 g/mol. The Kier molecular flexibility index (Phi) is 6.27. The molecule has 1 aromatic heterocycles. The number of ketones is 1. The summed E-state index contributed by atoms with van der Waals surface area (Å²) in [6, 6.07) is 22.1. The van der Waals surface area contributed by atoms with Gasteiger partial charge in [-0.05, 0) is 37.3 Å². The molecule has 1 aliphatic rings. The largest absolute Gasteiger partial charge is 0.494 e. The van der Waals surface area contributed by atoms with Crippen molar-refractivity contribution >= 4 is 38.4 Å². The van der Waals surface area contributed by atoms with Crippen LogP contribution in [0.2, 0.25) is 0 Å². The zero-order chi connectivity index (χ0) is 23.5. The van der Waals surface area contributed by atoms with E-state index in [1.807, 2.05) is 48.2 Å². The number of piperazine rings is 1. The van der Waals surface area contributed by atoms with Gasteiger partial charge >= 0.3 is 0 Å². The fourth-order valence-electron chi connectivity index (χ4n) is 4.09. The third-order valence-corrected chi connectivity index (χ3v) is 7.01. The van der Waals surface area contributed by atoms with Crippen molar-refractivity contribution in [1.82, 2.24) is 9.88 Å². The number of nitrogens with zero attached hydrogens (tertiary/aromatic N) is 3. The van der Waals surface area contributed by atoms with E-state index in [1.54, 1.807) is 47.7 Å². The van der Waals surface area contributed by atoms with Gasteiger partial charge in [-0.25, -0.2) is 4.98 Å². The van der Waals surface area contributed by atoms with Crippen molar-refractivity contribution in [3.05, 3.63) is 89.5 Å². The van der Waals surface area contributed by atoms with E-state index in [-0.39, 0.29) is 11.7 Å². The van der Waals surface area contributed by atoms with Crippen LogP contribution in [-0.2, 0) is 0 Å². The number of fused-ring (bicyclic) bond motifs is 1. The van der Waals surface area contributed by atoms with Crippen LogP contribution in [0.25, 0.3) is 10.2 Å². The van der Waals surface area contributed by atoms with Crippen LogP contribution < -0.4 is 9.64 Å². The lowest BCUT2D eigenvalue weighted by molar-refractivity contribution is 0.0746. The number of anilines is 1. The Balaban J connectivity index is 1.22. The Morgan fingerprint density at radius 3 is 2.26 bits per heavy atom. The molecule has 3 aromatic carbocycles. The van der Waals surface area contributed by atoms with E-state index >= 15 is 0 Å². The van der Waals surface area contributed by atoms with E-state index in [0.717, 1.165) is 34.2 Å². The molecule has 7 heteroatoms. The maximum absolute atomic E-state index is 13.0. The van der Waals surface area contributed by atoms with E-state index in [1.165, 1.54) is 0 Å². The zero-order valence-electron chi connectivity index (χ0n) is 18.9. The third kappa shape index (κ3) is 4.52. The van der Waals surface area contributed by atoms with Crippen molar-refractivity contribution in [3.8, 4) is 5.75 Å². The molecule has 1 aliphatic heterocycles. The highest BCUT2D eigenvalue weighted by Crippen LogP contribution is 2.32. The number of hydrogen-bond acceptors (Lipinski definition) is 6. The predicted molar refractivity (Wildman–Crippen MR) is 135 cm³/mol. The van der Waals surface area contributed by atoms with Gasteiger partial charge in [-0.15, -0.1) is 0 Å². The highest BCUT2D eigenvalue weighted by molar-refractivity contribution is 7.22. The first-order valence-electron chi connectivity index (χ1n) is 11.4. The van der Waals surface area contributed by atoms with Gasteiger partial charge in [0, 0.05) is 42.9 Å². The number of carbonyl (C=O) groups is 2. The molecule has 0 N–H and O–H groups in total. The molecule has 4 aromatic rings. The molecule has 1 fully saturated rings. The van der Waals surface area contributed by atoms with Gasteiger partial charge in [0.1, 0.15) is 5.75 Å². The summed E-state index contributed by atoms with van der Waals surface area (Å²) in [7, 11) is 0. The molecule has 0 bridgehead atoms. The normalized spacial score (nSPS) is 13.8. The second-order valence-corrected chi connectivity index (χ2v) is 9.12. The minimum absolute atomic E-state index is 0.0102. The number of ether oxygens (including phenoxy) is 1. The van der Waals surface area contributed by atoms with Gasteiger partial charge in [0.15, 0.2) is 10.9 Å². The third-order valence-electron chi connectivity index (χ3n) is 5.93. The second kappa shape index (κ2) is 9.65. The second-order valence-electron chi connectivity index (χ2n) is 8.11.